The second kappa shape index (κ2) is 10.6. The molecule has 0 saturated heterocycles. The maximum Gasteiger partial charge on any atom is 0.328 e. The maximum atomic E-state index is 9.97. The monoisotopic (exact) mass is 433 g/mol. The Morgan fingerprint density at radius 2 is 1.94 bits per heavy atom. The van der Waals surface area contributed by atoms with Crippen LogP contribution < -0.4 is 0 Å². The number of hydrogen-bond acceptors (Lipinski definition) is 2. The Hall–Kier alpha value is -0.588. The fourth-order valence-corrected chi connectivity index (χ4v) is 7.12. The van der Waals surface area contributed by atoms with Crippen LogP contribution in [0.2, 0.25) is 11.9 Å². The van der Waals surface area contributed by atoms with E-state index in [1.54, 1.807) is 24.1 Å². The molecule has 0 spiro atoms. The van der Waals surface area contributed by atoms with E-state index in [1.165, 1.54) is 12.3 Å². The molecule has 0 atom stereocenters. The summed E-state index contributed by atoms with van der Waals surface area (Å²) in [7, 11) is 0. The van der Waals surface area contributed by atoms with Crippen molar-refractivity contribution in [3.8, 4) is 0 Å². The molecule has 95 valence electrons. The first-order valence-corrected chi connectivity index (χ1v) is 14.2. The van der Waals surface area contributed by atoms with Crippen LogP contribution in [-0.2, 0) is 4.79 Å². The van der Waals surface area contributed by atoms with Crippen molar-refractivity contribution in [3.05, 3.63) is 30.2 Å². The predicted molar refractivity (Wildman–Crippen MR) is 72.6 cm³/mol. The van der Waals surface area contributed by atoms with Gasteiger partial charge in [-0.1, -0.05) is 0 Å². The number of rotatable bonds is 5. The SMILES string of the molecule is C[CH2][Pb]([CH2]C)[CH2]C.O=C(O)/C=C/c1ccco1. The summed E-state index contributed by atoms with van der Waals surface area (Å²) in [4.78, 5) is 9.97. The molecule has 4 heteroatoms. The minimum absolute atomic E-state index is 0.544. The van der Waals surface area contributed by atoms with Gasteiger partial charge in [-0.3, -0.25) is 0 Å². The number of aliphatic carboxylic acids is 1. The average molecular weight is 433 g/mol. The van der Waals surface area contributed by atoms with E-state index >= 15 is 0 Å². The molecule has 0 aliphatic heterocycles. The van der Waals surface area contributed by atoms with Crippen molar-refractivity contribution < 1.29 is 14.3 Å². The maximum absolute atomic E-state index is 9.97. The van der Waals surface area contributed by atoms with Gasteiger partial charge >= 0.3 is 61.4 Å². The summed E-state index contributed by atoms with van der Waals surface area (Å²) in [6, 6.07) is 3.38. The molecule has 0 aromatic carbocycles. The van der Waals surface area contributed by atoms with Gasteiger partial charge in [0.15, 0.2) is 0 Å². The van der Waals surface area contributed by atoms with E-state index in [1.807, 2.05) is 0 Å². The third kappa shape index (κ3) is 9.14. The van der Waals surface area contributed by atoms with Crippen LogP contribution in [0.3, 0.4) is 0 Å². The minimum Gasteiger partial charge on any atom is -0.478 e. The van der Waals surface area contributed by atoms with Crippen LogP contribution in [-0.4, -0.2) is 33.8 Å². The van der Waals surface area contributed by atoms with Gasteiger partial charge in [-0.25, -0.2) is 4.79 Å². The molecule has 0 fully saturated rings. The van der Waals surface area contributed by atoms with E-state index in [4.69, 9.17) is 9.52 Å². The summed E-state index contributed by atoms with van der Waals surface area (Å²) in [6.45, 7) is 7.07. The zero-order valence-electron chi connectivity index (χ0n) is 10.8. The fourth-order valence-electron chi connectivity index (χ4n) is 1.29. The molecule has 1 aromatic rings. The van der Waals surface area contributed by atoms with E-state index < -0.39 is 28.7 Å². The molecule has 0 aliphatic rings. The van der Waals surface area contributed by atoms with Crippen molar-refractivity contribution >= 4 is 34.7 Å². The van der Waals surface area contributed by atoms with Gasteiger partial charge in [0.2, 0.25) is 0 Å². The van der Waals surface area contributed by atoms with Gasteiger partial charge < -0.3 is 9.52 Å². The Labute approximate surface area is 112 Å². The Balaban J connectivity index is 0.000000325. The summed E-state index contributed by atoms with van der Waals surface area (Å²) >= 11 is -0.789. The molecule has 0 amide bonds. The molecule has 1 N–H and O–H groups in total. The molecule has 0 aliphatic carbocycles. The minimum atomic E-state index is -0.976. The van der Waals surface area contributed by atoms with Gasteiger partial charge in [-0.2, -0.15) is 0 Å². The van der Waals surface area contributed by atoms with Crippen LogP contribution in [0.4, 0.5) is 0 Å². The summed E-state index contributed by atoms with van der Waals surface area (Å²) in [5, 5.41) is 8.18. The number of hydrogen-bond donors (Lipinski definition) is 1. The van der Waals surface area contributed by atoms with Gasteiger partial charge in [-0.05, 0) is 18.2 Å². The topological polar surface area (TPSA) is 50.4 Å². The summed E-state index contributed by atoms with van der Waals surface area (Å²) in [6.07, 6.45) is 3.91. The molecule has 1 heterocycles. The van der Waals surface area contributed by atoms with Gasteiger partial charge in [-0.15, -0.1) is 0 Å². The largest absolute Gasteiger partial charge is 0.478 e. The third-order valence-corrected chi connectivity index (χ3v) is 14.1. The molecule has 1 rings (SSSR count). The first-order valence-electron chi connectivity index (χ1n) is 5.92. The van der Waals surface area contributed by atoms with Crippen LogP contribution in [0.15, 0.2) is 28.9 Å². The smallest absolute Gasteiger partial charge is 0.328 e. The molecule has 0 unspecified atom stereocenters. The van der Waals surface area contributed by atoms with Gasteiger partial charge in [0.05, 0.1) is 6.26 Å². The molecule has 0 bridgehead atoms. The Kier molecular flexibility index (Phi) is 10.2. The molecule has 3 nitrogen and oxygen atoms in total. The van der Waals surface area contributed by atoms with E-state index in [0.29, 0.717) is 5.76 Å². The van der Waals surface area contributed by atoms with Crippen molar-refractivity contribution in [2.45, 2.75) is 32.7 Å². The second-order valence-electron chi connectivity index (χ2n) is 3.50. The van der Waals surface area contributed by atoms with Crippen LogP contribution in [0.25, 0.3) is 6.08 Å². The zero-order chi connectivity index (χ0) is 13.1. The fraction of sp³-hybridized carbons (Fsp3) is 0.462. The summed E-state index contributed by atoms with van der Waals surface area (Å²) in [5.41, 5.74) is 0. The van der Waals surface area contributed by atoms with Crippen LogP contribution in [0.5, 0.6) is 0 Å². The Bertz CT molecular complexity index is 308. The quantitative estimate of drug-likeness (QED) is 0.567. The van der Waals surface area contributed by atoms with Gasteiger partial charge in [0, 0.05) is 6.08 Å². The molecular weight excluding hydrogens is 411 g/mol. The van der Waals surface area contributed by atoms with Crippen LogP contribution >= 0.6 is 0 Å². The standard InChI is InChI=1S/C7H6O3.3C2H5.Pb/c8-7(9)4-3-6-2-1-5-10-6;3*1-2;/h1-5H,(H,8,9);3*1H2,2H3;/b4-3+;;;;. The van der Waals surface area contributed by atoms with Crippen molar-refractivity contribution in [2.24, 2.45) is 0 Å². The van der Waals surface area contributed by atoms with Crippen LogP contribution in [0.1, 0.15) is 26.5 Å². The van der Waals surface area contributed by atoms with Gasteiger partial charge in [0.1, 0.15) is 5.76 Å². The number of carboxylic acids is 1. The van der Waals surface area contributed by atoms with E-state index in [2.05, 4.69) is 20.8 Å². The molecular formula is C13H21O3Pb. The van der Waals surface area contributed by atoms with E-state index in [9.17, 15) is 4.79 Å². The molecule has 0 saturated carbocycles. The second-order valence-corrected chi connectivity index (χ2v) is 17.6. The number of carboxylic acid groups (broad SMARTS) is 1. The predicted octanol–water partition coefficient (Wildman–Crippen LogP) is 3.92. The van der Waals surface area contributed by atoms with Crippen LogP contribution in [0, 0.1) is 0 Å². The van der Waals surface area contributed by atoms with Crippen molar-refractivity contribution in [1.29, 1.82) is 0 Å². The molecule has 17 heavy (non-hydrogen) atoms. The first kappa shape index (κ1) is 16.4. The number of carbonyl (C=O) groups is 1. The first-order chi connectivity index (χ1) is 8.13. The Morgan fingerprint density at radius 3 is 2.24 bits per heavy atom. The van der Waals surface area contributed by atoms with E-state index in [-0.39, 0.29) is 0 Å². The molecule has 1 aromatic heterocycles. The summed E-state index contributed by atoms with van der Waals surface area (Å²) in [5.74, 6) is -0.432. The Morgan fingerprint density at radius 1 is 1.35 bits per heavy atom. The molecule has 1 radical (unpaired) electrons. The number of furan rings is 1. The average Bonchev–Trinajstić information content (AvgIpc) is 2.82. The third-order valence-electron chi connectivity index (χ3n) is 2.43. The van der Waals surface area contributed by atoms with Gasteiger partial charge in [0.25, 0.3) is 0 Å². The normalized spacial score (nSPS) is 10.4. The zero-order valence-corrected chi connectivity index (χ0v) is 14.7. The summed E-state index contributed by atoms with van der Waals surface area (Å²) < 4.78 is 9.54. The van der Waals surface area contributed by atoms with Crippen molar-refractivity contribution in [2.75, 3.05) is 0 Å². The van der Waals surface area contributed by atoms with E-state index in [0.717, 1.165) is 6.08 Å². The van der Waals surface area contributed by atoms with Crippen molar-refractivity contribution in [3.63, 3.8) is 0 Å². The van der Waals surface area contributed by atoms with Crippen molar-refractivity contribution in [1.82, 2.24) is 0 Å².